The minimum absolute atomic E-state index is 0.0555. The molecule has 1 fully saturated rings. The molecule has 0 aromatic carbocycles. The molecule has 6 heteroatoms. The molecule has 126 valence electrons. The number of rotatable bonds is 5. The minimum atomic E-state index is -0.159. The summed E-state index contributed by atoms with van der Waals surface area (Å²) in [5.74, 6) is 0.300. The quantitative estimate of drug-likeness (QED) is 0.751. The van der Waals surface area contributed by atoms with E-state index in [2.05, 4.69) is 25.5 Å². The smallest absolute Gasteiger partial charge is 0.269 e. The van der Waals surface area contributed by atoms with Gasteiger partial charge in [-0.05, 0) is 61.6 Å². The lowest BCUT2D eigenvalue weighted by molar-refractivity contribution is 0.0925. The van der Waals surface area contributed by atoms with Crippen LogP contribution in [-0.4, -0.2) is 26.1 Å². The van der Waals surface area contributed by atoms with Gasteiger partial charge in [0, 0.05) is 24.2 Å². The first-order valence-electron chi connectivity index (χ1n) is 8.40. The van der Waals surface area contributed by atoms with Crippen molar-refractivity contribution in [3.05, 3.63) is 65.9 Å². The predicted molar refractivity (Wildman–Crippen MR) is 93.7 cm³/mol. The van der Waals surface area contributed by atoms with Crippen molar-refractivity contribution in [2.24, 2.45) is 5.92 Å². The molecule has 0 aliphatic heterocycles. The van der Waals surface area contributed by atoms with Gasteiger partial charge in [-0.3, -0.25) is 19.9 Å². The molecule has 1 saturated carbocycles. The molecule has 0 spiro atoms. The first-order chi connectivity index (χ1) is 12.2. The van der Waals surface area contributed by atoms with Crippen molar-refractivity contribution in [3.8, 4) is 11.3 Å². The van der Waals surface area contributed by atoms with Crippen molar-refractivity contribution < 1.29 is 4.79 Å². The third-order valence-electron chi connectivity index (χ3n) is 4.43. The maximum Gasteiger partial charge on any atom is 0.269 e. The number of nitrogens with one attached hydrogen (secondary N) is 2. The zero-order valence-corrected chi connectivity index (χ0v) is 13.9. The molecule has 25 heavy (non-hydrogen) atoms. The molecule has 0 unspecified atom stereocenters. The van der Waals surface area contributed by atoms with Gasteiger partial charge < -0.3 is 5.32 Å². The molecular formula is C19H19N5O. The van der Waals surface area contributed by atoms with Crippen LogP contribution in [0.3, 0.4) is 0 Å². The van der Waals surface area contributed by atoms with Gasteiger partial charge in [-0.25, -0.2) is 0 Å². The van der Waals surface area contributed by atoms with Crippen molar-refractivity contribution in [2.45, 2.75) is 25.8 Å². The van der Waals surface area contributed by atoms with Crippen LogP contribution in [-0.2, 0) is 0 Å². The lowest BCUT2D eigenvalue weighted by Gasteiger charge is -2.17. The lowest BCUT2D eigenvalue weighted by Crippen LogP contribution is -2.30. The Bertz CT molecular complexity index is 886. The summed E-state index contributed by atoms with van der Waals surface area (Å²) in [7, 11) is 0. The predicted octanol–water partition coefficient (Wildman–Crippen LogP) is 3.06. The Morgan fingerprint density at radius 3 is 2.72 bits per heavy atom. The molecule has 1 atom stereocenters. The maximum atomic E-state index is 12.7. The van der Waals surface area contributed by atoms with Crippen molar-refractivity contribution in [3.63, 3.8) is 0 Å². The van der Waals surface area contributed by atoms with Crippen LogP contribution in [0.1, 0.15) is 40.6 Å². The number of H-pyrrole nitrogens is 1. The van der Waals surface area contributed by atoms with Crippen LogP contribution in [0.2, 0.25) is 0 Å². The summed E-state index contributed by atoms with van der Waals surface area (Å²) in [5.41, 5.74) is 4.16. The summed E-state index contributed by atoms with van der Waals surface area (Å²) in [4.78, 5) is 21.1. The maximum absolute atomic E-state index is 12.7. The monoisotopic (exact) mass is 333 g/mol. The van der Waals surface area contributed by atoms with Crippen LogP contribution in [0.5, 0.6) is 0 Å². The second kappa shape index (κ2) is 6.47. The van der Waals surface area contributed by atoms with Crippen LogP contribution in [0.4, 0.5) is 0 Å². The van der Waals surface area contributed by atoms with E-state index in [1.165, 1.54) is 0 Å². The second-order valence-corrected chi connectivity index (χ2v) is 6.45. The van der Waals surface area contributed by atoms with E-state index in [-0.39, 0.29) is 11.9 Å². The van der Waals surface area contributed by atoms with Gasteiger partial charge in [0.1, 0.15) is 5.69 Å². The van der Waals surface area contributed by atoms with Gasteiger partial charge in [-0.15, -0.1) is 0 Å². The number of pyridine rings is 2. The van der Waals surface area contributed by atoms with E-state index in [4.69, 9.17) is 0 Å². The van der Waals surface area contributed by atoms with Gasteiger partial charge in [-0.2, -0.15) is 5.10 Å². The number of carbonyl (C=O) groups excluding carboxylic acids is 1. The third-order valence-corrected chi connectivity index (χ3v) is 4.43. The lowest BCUT2D eigenvalue weighted by atomic mass is 10.1. The van der Waals surface area contributed by atoms with E-state index in [9.17, 15) is 4.79 Å². The topological polar surface area (TPSA) is 83.6 Å². The summed E-state index contributed by atoms with van der Waals surface area (Å²) in [5, 5.41) is 10.2. The number of nitrogens with zero attached hydrogens (tertiary/aromatic N) is 3. The molecule has 3 aromatic heterocycles. The molecule has 0 saturated heterocycles. The highest BCUT2D eigenvalue weighted by Gasteiger charge is 2.34. The SMILES string of the molecule is Cc1ccnc([C@@H](NC(=O)c2cc(-c3ccncc3)n[nH]2)C2CC2)c1. The van der Waals surface area contributed by atoms with Crippen LogP contribution in [0, 0.1) is 12.8 Å². The Morgan fingerprint density at radius 2 is 2.00 bits per heavy atom. The molecule has 1 aliphatic rings. The van der Waals surface area contributed by atoms with E-state index in [1.54, 1.807) is 24.7 Å². The average molecular weight is 333 g/mol. The first-order valence-corrected chi connectivity index (χ1v) is 8.40. The number of hydrogen-bond donors (Lipinski definition) is 2. The molecule has 0 radical (unpaired) electrons. The molecular weight excluding hydrogens is 314 g/mol. The van der Waals surface area contributed by atoms with Crippen molar-refractivity contribution in [1.29, 1.82) is 0 Å². The molecule has 1 aliphatic carbocycles. The Morgan fingerprint density at radius 1 is 1.20 bits per heavy atom. The Hall–Kier alpha value is -3.02. The number of aromatic amines is 1. The zero-order valence-electron chi connectivity index (χ0n) is 13.9. The summed E-state index contributed by atoms with van der Waals surface area (Å²) >= 11 is 0. The van der Waals surface area contributed by atoms with E-state index in [1.807, 2.05) is 31.2 Å². The van der Waals surface area contributed by atoms with Crippen LogP contribution >= 0.6 is 0 Å². The Balaban J connectivity index is 1.53. The number of carbonyl (C=O) groups is 1. The summed E-state index contributed by atoms with van der Waals surface area (Å²) in [6.45, 7) is 2.03. The largest absolute Gasteiger partial charge is 0.342 e. The van der Waals surface area contributed by atoms with Gasteiger partial charge in [0.2, 0.25) is 0 Å². The van der Waals surface area contributed by atoms with Gasteiger partial charge in [-0.1, -0.05) is 0 Å². The summed E-state index contributed by atoms with van der Waals surface area (Å²) < 4.78 is 0. The van der Waals surface area contributed by atoms with Gasteiger partial charge in [0.15, 0.2) is 0 Å². The third kappa shape index (κ3) is 3.42. The number of amides is 1. The molecule has 0 bridgehead atoms. The number of aryl methyl sites for hydroxylation is 1. The summed E-state index contributed by atoms with van der Waals surface area (Å²) in [6.07, 6.45) is 7.44. The molecule has 2 N–H and O–H groups in total. The van der Waals surface area contributed by atoms with Gasteiger partial charge >= 0.3 is 0 Å². The minimum Gasteiger partial charge on any atom is -0.342 e. The fourth-order valence-corrected chi connectivity index (χ4v) is 2.92. The molecule has 3 aromatic rings. The summed E-state index contributed by atoms with van der Waals surface area (Å²) in [6, 6.07) is 9.44. The fourth-order valence-electron chi connectivity index (χ4n) is 2.92. The molecule has 4 rings (SSSR count). The van der Waals surface area contributed by atoms with Crippen LogP contribution in [0.15, 0.2) is 48.9 Å². The van der Waals surface area contributed by atoms with E-state index < -0.39 is 0 Å². The average Bonchev–Trinajstić information content (AvgIpc) is 3.35. The van der Waals surface area contributed by atoms with Crippen molar-refractivity contribution in [2.75, 3.05) is 0 Å². The van der Waals surface area contributed by atoms with Crippen molar-refractivity contribution >= 4 is 5.91 Å². The second-order valence-electron chi connectivity index (χ2n) is 6.45. The van der Waals surface area contributed by atoms with Crippen LogP contribution in [0.25, 0.3) is 11.3 Å². The number of aromatic nitrogens is 4. The normalized spacial score (nSPS) is 14.9. The van der Waals surface area contributed by atoms with E-state index in [0.29, 0.717) is 11.6 Å². The zero-order chi connectivity index (χ0) is 17.2. The fraction of sp³-hybridized carbons (Fsp3) is 0.263. The Labute approximate surface area is 145 Å². The van der Waals surface area contributed by atoms with E-state index in [0.717, 1.165) is 35.4 Å². The number of hydrogen-bond acceptors (Lipinski definition) is 4. The van der Waals surface area contributed by atoms with Crippen molar-refractivity contribution in [1.82, 2.24) is 25.5 Å². The van der Waals surface area contributed by atoms with E-state index >= 15 is 0 Å². The van der Waals surface area contributed by atoms with Crippen LogP contribution < -0.4 is 5.32 Å². The highest BCUT2D eigenvalue weighted by atomic mass is 16.2. The van der Waals surface area contributed by atoms with Gasteiger partial charge in [0.05, 0.1) is 17.4 Å². The Kier molecular flexibility index (Phi) is 4.01. The molecule has 3 heterocycles. The molecule has 1 amide bonds. The highest BCUT2D eigenvalue weighted by Crippen LogP contribution is 2.40. The van der Waals surface area contributed by atoms with Gasteiger partial charge in [0.25, 0.3) is 5.91 Å². The molecule has 6 nitrogen and oxygen atoms in total. The first kappa shape index (κ1) is 15.5. The highest BCUT2D eigenvalue weighted by molar-refractivity contribution is 5.93. The standard InChI is InChI=1S/C19H19N5O/c1-12-4-9-21-16(10-12)18(14-2-3-14)22-19(25)17-11-15(23-24-17)13-5-7-20-8-6-13/h4-11,14,18H,2-3H2,1H3,(H,22,25)(H,23,24)/t18-/m0/s1.